The molecule has 0 saturated heterocycles. The average molecular weight is 388 g/mol. The summed E-state index contributed by atoms with van der Waals surface area (Å²) in [5, 5.41) is 11.9. The van der Waals surface area contributed by atoms with E-state index >= 15 is 0 Å². The molecule has 0 N–H and O–H groups in total. The second kappa shape index (κ2) is 8.76. The molecule has 0 bridgehead atoms. The number of benzene rings is 3. The Kier molecular flexibility index (Phi) is 5.73. The zero-order valence-corrected chi connectivity index (χ0v) is 16.3. The van der Waals surface area contributed by atoms with Gasteiger partial charge in [0.25, 0.3) is 0 Å². The standard InChI is InChI=1S/C23H21N3OS/c1-2-15-26-22(24-25-23(26)28-17-18-9-4-3-5-10-18)16-27-21-14-8-12-19-11-6-7-13-20(19)21/h2-14H,1,15-17H2. The molecule has 0 atom stereocenters. The lowest BCUT2D eigenvalue weighted by Gasteiger charge is -2.11. The molecule has 5 heteroatoms. The molecule has 0 unspecified atom stereocenters. The number of rotatable bonds is 8. The molecule has 0 fully saturated rings. The van der Waals surface area contributed by atoms with Crippen LogP contribution in [0.2, 0.25) is 0 Å². The van der Waals surface area contributed by atoms with Crippen molar-refractivity contribution in [2.75, 3.05) is 0 Å². The van der Waals surface area contributed by atoms with Crippen LogP contribution in [-0.4, -0.2) is 14.8 Å². The Morgan fingerprint density at radius 2 is 1.71 bits per heavy atom. The fourth-order valence-electron chi connectivity index (χ4n) is 3.03. The number of nitrogens with zero attached hydrogens (tertiary/aromatic N) is 3. The SMILES string of the molecule is C=CCn1c(COc2cccc3ccccc23)nnc1SCc1ccccc1. The van der Waals surface area contributed by atoms with Gasteiger partial charge in [-0.05, 0) is 17.0 Å². The van der Waals surface area contributed by atoms with Crippen LogP contribution in [0.25, 0.3) is 10.8 Å². The van der Waals surface area contributed by atoms with Crippen LogP contribution in [0.3, 0.4) is 0 Å². The fourth-order valence-corrected chi connectivity index (χ4v) is 3.95. The van der Waals surface area contributed by atoms with E-state index < -0.39 is 0 Å². The lowest BCUT2D eigenvalue weighted by atomic mass is 10.1. The maximum atomic E-state index is 6.10. The van der Waals surface area contributed by atoms with Crippen molar-refractivity contribution in [1.82, 2.24) is 14.8 Å². The number of hydrogen-bond acceptors (Lipinski definition) is 4. The zero-order valence-electron chi connectivity index (χ0n) is 15.5. The topological polar surface area (TPSA) is 39.9 Å². The third-order valence-corrected chi connectivity index (χ3v) is 5.46. The predicted octanol–water partition coefficient (Wildman–Crippen LogP) is 5.49. The maximum Gasteiger partial charge on any atom is 0.191 e. The minimum absolute atomic E-state index is 0.362. The van der Waals surface area contributed by atoms with Gasteiger partial charge in [0, 0.05) is 17.7 Å². The minimum atomic E-state index is 0.362. The number of aromatic nitrogens is 3. The second-order valence-corrected chi connectivity index (χ2v) is 7.28. The quantitative estimate of drug-likeness (QED) is 0.296. The third kappa shape index (κ3) is 4.10. The molecule has 1 aromatic heterocycles. The van der Waals surface area contributed by atoms with Crippen LogP contribution in [0.15, 0.2) is 90.6 Å². The average Bonchev–Trinajstić information content (AvgIpc) is 3.13. The van der Waals surface area contributed by atoms with E-state index in [9.17, 15) is 0 Å². The highest BCUT2D eigenvalue weighted by Gasteiger charge is 2.13. The Morgan fingerprint density at radius 3 is 2.57 bits per heavy atom. The number of thioether (sulfide) groups is 1. The van der Waals surface area contributed by atoms with E-state index in [1.54, 1.807) is 11.8 Å². The van der Waals surface area contributed by atoms with Gasteiger partial charge >= 0.3 is 0 Å². The van der Waals surface area contributed by atoms with Gasteiger partial charge in [-0.15, -0.1) is 16.8 Å². The highest BCUT2D eigenvalue weighted by atomic mass is 32.2. The first kappa shape index (κ1) is 18.3. The third-order valence-electron chi connectivity index (χ3n) is 4.42. The number of fused-ring (bicyclic) bond motifs is 1. The number of hydrogen-bond donors (Lipinski definition) is 0. The Hall–Kier alpha value is -3.05. The van der Waals surface area contributed by atoms with Crippen molar-refractivity contribution in [3.05, 3.63) is 96.8 Å². The second-order valence-electron chi connectivity index (χ2n) is 6.34. The lowest BCUT2D eigenvalue weighted by molar-refractivity contribution is 0.292. The van der Waals surface area contributed by atoms with E-state index in [4.69, 9.17) is 4.74 Å². The van der Waals surface area contributed by atoms with Crippen LogP contribution in [-0.2, 0) is 18.9 Å². The highest BCUT2D eigenvalue weighted by molar-refractivity contribution is 7.98. The van der Waals surface area contributed by atoms with Gasteiger partial charge < -0.3 is 4.74 Å². The summed E-state index contributed by atoms with van der Waals surface area (Å²) >= 11 is 1.67. The molecule has 0 saturated carbocycles. The smallest absolute Gasteiger partial charge is 0.191 e. The Balaban J connectivity index is 1.51. The zero-order chi connectivity index (χ0) is 19.2. The summed E-state index contributed by atoms with van der Waals surface area (Å²) in [5.74, 6) is 2.49. The van der Waals surface area contributed by atoms with Gasteiger partial charge in [-0.1, -0.05) is 84.6 Å². The van der Waals surface area contributed by atoms with Gasteiger partial charge in [0.1, 0.15) is 12.4 Å². The molecule has 3 aromatic carbocycles. The van der Waals surface area contributed by atoms with Crippen LogP contribution in [0.1, 0.15) is 11.4 Å². The number of allylic oxidation sites excluding steroid dienone is 1. The van der Waals surface area contributed by atoms with Crippen molar-refractivity contribution in [3.63, 3.8) is 0 Å². The summed E-state index contributed by atoms with van der Waals surface area (Å²) < 4.78 is 8.16. The summed E-state index contributed by atoms with van der Waals surface area (Å²) in [6.45, 7) is 4.88. The summed E-state index contributed by atoms with van der Waals surface area (Å²) in [4.78, 5) is 0. The van der Waals surface area contributed by atoms with E-state index in [1.165, 1.54) is 5.56 Å². The summed E-state index contributed by atoms with van der Waals surface area (Å²) in [6, 6.07) is 24.6. The largest absolute Gasteiger partial charge is 0.485 e. The van der Waals surface area contributed by atoms with Crippen LogP contribution >= 0.6 is 11.8 Å². The van der Waals surface area contributed by atoms with E-state index in [-0.39, 0.29) is 0 Å². The van der Waals surface area contributed by atoms with Crippen molar-refractivity contribution >= 4 is 22.5 Å². The molecule has 4 rings (SSSR count). The van der Waals surface area contributed by atoms with Gasteiger partial charge in [-0.2, -0.15) is 0 Å². The summed E-state index contributed by atoms with van der Waals surface area (Å²) in [5.41, 5.74) is 1.26. The van der Waals surface area contributed by atoms with Crippen molar-refractivity contribution in [2.45, 2.75) is 24.1 Å². The van der Waals surface area contributed by atoms with Crippen LogP contribution in [0.4, 0.5) is 0 Å². The van der Waals surface area contributed by atoms with E-state index in [1.807, 2.05) is 48.5 Å². The minimum Gasteiger partial charge on any atom is -0.485 e. The highest BCUT2D eigenvalue weighted by Crippen LogP contribution is 2.27. The molecular weight excluding hydrogens is 366 g/mol. The van der Waals surface area contributed by atoms with Crippen LogP contribution in [0, 0.1) is 0 Å². The Bertz CT molecular complexity index is 1070. The molecule has 0 aliphatic carbocycles. The first-order chi connectivity index (χ1) is 13.8. The molecule has 0 radical (unpaired) electrons. The molecule has 0 spiro atoms. The van der Waals surface area contributed by atoms with E-state index in [0.717, 1.165) is 33.3 Å². The first-order valence-electron chi connectivity index (χ1n) is 9.15. The molecule has 1 heterocycles. The lowest BCUT2D eigenvalue weighted by Crippen LogP contribution is -2.07. The first-order valence-corrected chi connectivity index (χ1v) is 10.1. The van der Waals surface area contributed by atoms with Gasteiger partial charge in [0.05, 0.1) is 0 Å². The predicted molar refractivity (Wildman–Crippen MR) is 115 cm³/mol. The molecule has 4 aromatic rings. The molecule has 0 aliphatic heterocycles. The monoisotopic (exact) mass is 387 g/mol. The number of ether oxygens (including phenoxy) is 1. The maximum absolute atomic E-state index is 6.10. The Morgan fingerprint density at radius 1 is 0.929 bits per heavy atom. The molecule has 0 amide bonds. The molecule has 140 valence electrons. The van der Waals surface area contributed by atoms with Gasteiger partial charge in [-0.3, -0.25) is 4.57 Å². The normalized spacial score (nSPS) is 10.9. The van der Waals surface area contributed by atoms with Crippen LogP contribution in [0.5, 0.6) is 5.75 Å². The molecule has 4 nitrogen and oxygen atoms in total. The Labute approximate surface area is 168 Å². The molecule has 0 aliphatic rings. The van der Waals surface area contributed by atoms with Crippen molar-refractivity contribution in [3.8, 4) is 5.75 Å². The molecular formula is C23H21N3OS. The van der Waals surface area contributed by atoms with Gasteiger partial charge in [0.15, 0.2) is 11.0 Å². The van der Waals surface area contributed by atoms with Gasteiger partial charge in [-0.25, -0.2) is 0 Å². The summed E-state index contributed by atoms with van der Waals surface area (Å²) in [7, 11) is 0. The van der Waals surface area contributed by atoms with Crippen molar-refractivity contribution in [2.24, 2.45) is 0 Å². The molecule has 28 heavy (non-hydrogen) atoms. The summed E-state index contributed by atoms with van der Waals surface area (Å²) in [6.07, 6.45) is 1.86. The van der Waals surface area contributed by atoms with Gasteiger partial charge in [0.2, 0.25) is 0 Å². The fraction of sp³-hybridized carbons (Fsp3) is 0.130. The van der Waals surface area contributed by atoms with Crippen molar-refractivity contribution < 1.29 is 4.74 Å². The van der Waals surface area contributed by atoms with E-state index in [2.05, 4.69) is 51.7 Å². The van der Waals surface area contributed by atoms with Crippen LogP contribution < -0.4 is 4.74 Å². The van der Waals surface area contributed by atoms with E-state index in [0.29, 0.717) is 13.2 Å². The van der Waals surface area contributed by atoms with Crippen molar-refractivity contribution in [1.29, 1.82) is 0 Å².